The van der Waals surface area contributed by atoms with Gasteiger partial charge in [-0.3, -0.25) is 9.59 Å². The van der Waals surface area contributed by atoms with Crippen molar-refractivity contribution in [1.82, 2.24) is 10.2 Å². The molecule has 0 saturated carbocycles. The fourth-order valence-corrected chi connectivity index (χ4v) is 2.73. The predicted octanol–water partition coefficient (Wildman–Crippen LogP) is 3.71. The lowest BCUT2D eigenvalue weighted by Gasteiger charge is -2.24. The van der Waals surface area contributed by atoms with Crippen LogP contribution in [0.4, 0.5) is 13.2 Å². The van der Waals surface area contributed by atoms with E-state index in [0.717, 1.165) is 10.5 Å². The number of aryl methyl sites for hydroxylation is 1. The third-order valence-corrected chi connectivity index (χ3v) is 4.16. The first-order valence-corrected chi connectivity index (χ1v) is 9.00. The maximum absolute atomic E-state index is 12.9. The molecule has 0 spiro atoms. The number of methoxy groups -OCH3 is 1. The van der Waals surface area contributed by atoms with Gasteiger partial charge < -0.3 is 15.0 Å². The Bertz CT molecular complexity index is 836. The summed E-state index contributed by atoms with van der Waals surface area (Å²) in [5.74, 6) is -0.497. The Morgan fingerprint density at radius 2 is 1.79 bits per heavy atom. The molecule has 0 saturated heterocycles. The molecule has 0 aromatic heterocycles. The van der Waals surface area contributed by atoms with Gasteiger partial charge in [-0.25, -0.2) is 0 Å². The Hall–Kier alpha value is -3.03. The van der Waals surface area contributed by atoms with Crippen LogP contribution in [0, 0.1) is 6.92 Å². The summed E-state index contributed by atoms with van der Waals surface area (Å²) in [6, 6.07) is 13.3. The zero-order valence-electron chi connectivity index (χ0n) is 16.3. The molecule has 8 heteroatoms. The van der Waals surface area contributed by atoms with Crippen LogP contribution in [0.3, 0.4) is 0 Å². The van der Waals surface area contributed by atoms with Crippen molar-refractivity contribution in [2.24, 2.45) is 0 Å². The number of nitrogens with zero attached hydrogens (tertiary/aromatic N) is 1. The standard InChI is InChI=1S/C21H23F3N2O3/c1-15-4-3-5-17(12-15)20(28)25-11-10-19(27)26(14-21(22,23)24)13-16-6-8-18(29-2)9-7-16/h3-9,12H,10-11,13-14H2,1-2H3,(H,25,28). The van der Waals surface area contributed by atoms with Crippen molar-refractivity contribution in [2.75, 3.05) is 20.2 Å². The van der Waals surface area contributed by atoms with E-state index in [0.29, 0.717) is 16.9 Å². The molecule has 0 atom stereocenters. The molecule has 0 radical (unpaired) electrons. The largest absolute Gasteiger partial charge is 0.497 e. The highest BCUT2D eigenvalue weighted by Crippen LogP contribution is 2.20. The van der Waals surface area contributed by atoms with Gasteiger partial charge in [0.25, 0.3) is 5.91 Å². The van der Waals surface area contributed by atoms with Crippen molar-refractivity contribution in [2.45, 2.75) is 26.1 Å². The van der Waals surface area contributed by atoms with Crippen LogP contribution in [0.15, 0.2) is 48.5 Å². The molecule has 29 heavy (non-hydrogen) atoms. The first-order chi connectivity index (χ1) is 13.7. The predicted molar refractivity (Wildman–Crippen MR) is 103 cm³/mol. The Morgan fingerprint density at radius 1 is 1.10 bits per heavy atom. The monoisotopic (exact) mass is 408 g/mol. The van der Waals surface area contributed by atoms with Gasteiger partial charge in [-0.05, 0) is 36.8 Å². The Labute approximate surface area is 167 Å². The summed E-state index contributed by atoms with van der Waals surface area (Å²) >= 11 is 0. The minimum Gasteiger partial charge on any atom is -0.497 e. The summed E-state index contributed by atoms with van der Waals surface area (Å²) in [6.07, 6.45) is -4.75. The van der Waals surface area contributed by atoms with E-state index in [1.165, 1.54) is 7.11 Å². The molecule has 0 fully saturated rings. The van der Waals surface area contributed by atoms with Gasteiger partial charge in [0.1, 0.15) is 12.3 Å². The molecule has 0 unspecified atom stereocenters. The van der Waals surface area contributed by atoms with Gasteiger partial charge in [-0.15, -0.1) is 0 Å². The van der Waals surface area contributed by atoms with Crippen molar-refractivity contribution in [3.05, 3.63) is 65.2 Å². The van der Waals surface area contributed by atoms with E-state index in [9.17, 15) is 22.8 Å². The van der Waals surface area contributed by atoms with E-state index in [1.807, 2.05) is 13.0 Å². The van der Waals surface area contributed by atoms with Gasteiger partial charge in [0.15, 0.2) is 0 Å². The third-order valence-electron chi connectivity index (χ3n) is 4.16. The number of ether oxygens (including phenoxy) is 1. The van der Waals surface area contributed by atoms with E-state index >= 15 is 0 Å². The number of hydrogen-bond donors (Lipinski definition) is 1. The van der Waals surface area contributed by atoms with Crippen molar-refractivity contribution >= 4 is 11.8 Å². The molecule has 156 valence electrons. The molecule has 2 aromatic carbocycles. The normalized spacial score (nSPS) is 11.1. The van der Waals surface area contributed by atoms with Crippen LogP contribution in [0.25, 0.3) is 0 Å². The molecule has 0 aliphatic carbocycles. The number of nitrogens with one attached hydrogen (secondary N) is 1. The molecule has 0 bridgehead atoms. The van der Waals surface area contributed by atoms with Crippen LogP contribution in [0.5, 0.6) is 5.75 Å². The highest BCUT2D eigenvalue weighted by Gasteiger charge is 2.32. The lowest BCUT2D eigenvalue weighted by molar-refractivity contribution is -0.162. The topological polar surface area (TPSA) is 58.6 Å². The highest BCUT2D eigenvalue weighted by atomic mass is 19.4. The molecule has 0 heterocycles. The zero-order chi connectivity index (χ0) is 21.4. The summed E-state index contributed by atoms with van der Waals surface area (Å²) < 4.78 is 43.8. The Morgan fingerprint density at radius 3 is 2.38 bits per heavy atom. The maximum Gasteiger partial charge on any atom is 0.406 e. The molecule has 0 aliphatic heterocycles. The average molecular weight is 408 g/mol. The summed E-state index contributed by atoms with van der Waals surface area (Å²) in [5, 5.41) is 2.57. The van der Waals surface area contributed by atoms with Crippen LogP contribution < -0.4 is 10.1 Å². The second-order valence-electron chi connectivity index (χ2n) is 6.59. The van der Waals surface area contributed by atoms with E-state index in [-0.39, 0.29) is 25.4 Å². The second kappa shape index (κ2) is 9.95. The van der Waals surface area contributed by atoms with E-state index in [1.54, 1.807) is 42.5 Å². The van der Waals surface area contributed by atoms with Crippen LogP contribution in [0.2, 0.25) is 0 Å². The quantitative estimate of drug-likeness (QED) is 0.724. The fraction of sp³-hybridized carbons (Fsp3) is 0.333. The lowest BCUT2D eigenvalue weighted by Crippen LogP contribution is -2.40. The van der Waals surface area contributed by atoms with Crippen molar-refractivity contribution in [3.63, 3.8) is 0 Å². The van der Waals surface area contributed by atoms with Gasteiger partial charge in [0.05, 0.1) is 7.11 Å². The van der Waals surface area contributed by atoms with Crippen molar-refractivity contribution < 1.29 is 27.5 Å². The van der Waals surface area contributed by atoms with Gasteiger partial charge in [0, 0.05) is 25.1 Å². The molecule has 2 rings (SSSR count). The Balaban J connectivity index is 1.96. The second-order valence-corrected chi connectivity index (χ2v) is 6.59. The fourth-order valence-electron chi connectivity index (χ4n) is 2.73. The molecule has 2 aromatic rings. The van der Waals surface area contributed by atoms with Crippen molar-refractivity contribution in [1.29, 1.82) is 0 Å². The van der Waals surface area contributed by atoms with Crippen LogP contribution in [0.1, 0.15) is 27.9 Å². The molecule has 0 aliphatic rings. The molecule has 5 nitrogen and oxygen atoms in total. The number of halogens is 3. The van der Waals surface area contributed by atoms with Crippen LogP contribution in [-0.4, -0.2) is 43.1 Å². The number of rotatable bonds is 8. The van der Waals surface area contributed by atoms with Gasteiger partial charge in [-0.2, -0.15) is 13.2 Å². The van der Waals surface area contributed by atoms with Crippen molar-refractivity contribution in [3.8, 4) is 5.75 Å². The molecule has 1 N–H and O–H groups in total. The van der Waals surface area contributed by atoms with Crippen LogP contribution >= 0.6 is 0 Å². The van der Waals surface area contributed by atoms with E-state index in [4.69, 9.17) is 4.74 Å². The third kappa shape index (κ3) is 7.48. The Kier molecular flexibility index (Phi) is 7.64. The summed E-state index contributed by atoms with van der Waals surface area (Å²) in [5.41, 5.74) is 1.89. The maximum atomic E-state index is 12.9. The SMILES string of the molecule is COc1ccc(CN(CC(F)(F)F)C(=O)CCNC(=O)c2cccc(C)c2)cc1. The van der Waals surface area contributed by atoms with Gasteiger partial charge in [0.2, 0.25) is 5.91 Å². The summed E-state index contributed by atoms with van der Waals surface area (Å²) in [4.78, 5) is 25.2. The highest BCUT2D eigenvalue weighted by molar-refractivity contribution is 5.94. The van der Waals surface area contributed by atoms with Gasteiger partial charge in [-0.1, -0.05) is 29.8 Å². The number of hydrogen-bond acceptors (Lipinski definition) is 3. The number of carbonyl (C=O) groups is 2. The minimum absolute atomic E-state index is 0.0530. The number of carbonyl (C=O) groups excluding carboxylic acids is 2. The number of benzene rings is 2. The summed E-state index contributed by atoms with van der Waals surface area (Å²) in [6.45, 7) is 0.245. The molecular weight excluding hydrogens is 385 g/mol. The first-order valence-electron chi connectivity index (χ1n) is 9.00. The number of amides is 2. The smallest absolute Gasteiger partial charge is 0.406 e. The average Bonchev–Trinajstić information content (AvgIpc) is 2.66. The minimum atomic E-state index is -4.52. The zero-order valence-corrected chi connectivity index (χ0v) is 16.3. The van der Waals surface area contributed by atoms with E-state index in [2.05, 4.69) is 5.32 Å². The number of alkyl halides is 3. The van der Waals surface area contributed by atoms with E-state index < -0.39 is 18.6 Å². The molecular formula is C21H23F3N2O3. The van der Waals surface area contributed by atoms with Crippen LogP contribution in [-0.2, 0) is 11.3 Å². The first kappa shape index (κ1) is 22.3. The molecule has 2 amide bonds. The summed E-state index contributed by atoms with van der Waals surface area (Å²) in [7, 11) is 1.49. The lowest BCUT2D eigenvalue weighted by atomic mass is 10.1. The van der Waals surface area contributed by atoms with Gasteiger partial charge >= 0.3 is 6.18 Å².